The molecule has 0 N–H and O–H groups in total. The summed E-state index contributed by atoms with van der Waals surface area (Å²) >= 11 is 0. The number of piperidine rings is 1. The first kappa shape index (κ1) is 13.4. The van der Waals surface area contributed by atoms with E-state index in [0.29, 0.717) is 16.9 Å². The minimum Gasteiger partial charge on any atom is -0.298 e. The van der Waals surface area contributed by atoms with Crippen LogP contribution in [-0.4, -0.2) is 47.6 Å². The summed E-state index contributed by atoms with van der Waals surface area (Å²) in [6.07, 6.45) is 5.55. The minimum absolute atomic E-state index is 0.319. The molecule has 1 saturated carbocycles. The Morgan fingerprint density at radius 1 is 1.11 bits per heavy atom. The normalized spacial score (nSPS) is 29.8. The molecule has 2 heterocycles. The van der Waals surface area contributed by atoms with Gasteiger partial charge in [-0.05, 0) is 65.0 Å². The Morgan fingerprint density at radius 2 is 1.68 bits per heavy atom. The van der Waals surface area contributed by atoms with Crippen LogP contribution in [0.15, 0.2) is 0 Å². The number of rotatable bonds is 1. The van der Waals surface area contributed by atoms with Gasteiger partial charge in [0.25, 0.3) is 0 Å². The molecule has 3 heteroatoms. The van der Waals surface area contributed by atoms with E-state index in [0.717, 1.165) is 19.1 Å². The third kappa shape index (κ3) is 2.41. The molecule has 0 aromatic carbocycles. The second-order valence-electron chi connectivity index (χ2n) is 8.00. The molecule has 3 aliphatic rings. The van der Waals surface area contributed by atoms with Crippen LogP contribution in [0.4, 0.5) is 0 Å². The maximum Gasteiger partial charge on any atom is 0.0717 e. The highest BCUT2D eigenvalue weighted by molar-refractivity contribution is 5.06. The van der Waals surface area contributed by atoms with E-state index in [4.69, 9.17) is 5.26 Å². The summed E-state index contributed by atoms with van der Waals surface area (Å²) in [5.74, 6) is 0.319. The van der Waals surface area contributed by atoms with Crippen molar-refractivity contribution in [2.24, 2.45) is 11.3 Å². The fraction of sp³-hybridized carbons (Fsp3) is 0.938. The van der Waals surface area contributed by atoms with Gasteiger partial charge in [-0.3, -0.25) is 9.80 Å². The lowest BCUT2D eigenvalue weighted by atomic mass is 9.59. The molecule has 3 rings (SSSR count). The zero-order valence-corrected chi connectivity index (χ0v) is 12.7. The van der Waals surface area contributed by atoms with Crippen molar-refractivity contribution < 1.29 is 0 Å². The average molecular weight is 261 g/mol. The van der Waals surface area contributed by atoms with E-state index < -0.39 is 0 Å². The Kier molecular flexibility index (Phi) is 3.15. The van der Waals surface area contributed by atoms with E-state index in [-0.39, 0.29) is 0 Å². The Morgan fingerprint density at radius 3 is 2.16 bits per heavy atom. The molecule has 1 aliphatic carbocycles. The van der Waals surface area contributed by atoms with Gasteiger partial charge in [-0.2, -0.15) is 5.26 Å². The summed E-state index contributed by atoms with van der Waals surface area (Å²) in [4.78, 5) is 5.18. The van der Waals surface area contributed by atoms with Gasteiger partial charge in [0.15, 0.2) is 0 Å². The van der Waals surface area contributed by atoms with E-state index in [9.17, 15) is 0 Å². The third-order valence-electron chi connectivity index (χ3n) is 5.72. The van der Waals surface area contributed by atoms with Crippen molar-refractivity contribution >= 4 is 0 Å². The summed E-state index contributed by atoms with van der Waals surface area (Å²) < 4.78 is 0. The molecule has 0 aromatic rings. The predicted molar refractivity (Wildman–Crippen MR) is 76.7 cm³/mol. The highest BCUT2D eigenvalue weighted by Gasteiger charge is 2.50. The fourth-order valence-electron chi connectivity index (χ4n) is 4.15. The van der Waals surface area contributed by atoms with Crippen LogP contribution < -0.4 is 0 Å². The Labute approximate surface area is 117 Å². The SMILES string of the molecule is CC(C)(C)N1CCC2(CC1)CC(N1CC(C#N)C1)C2. The van der Waals surface area contributed by atoms with Crippen molar-refractivity contribution in [3.05, 3.63) is 0 Å². The lowest BCUT2D eigenvalue weighted by Gasteiger charge is -2.58. The average Bonchev–Trinajstić information content (AvgIpc) is 2.24. The van der Waals surface area contributed by atoms with Crippen LogP contribution in [0.25, 0.3) is 0 Å². The quantitative estimate of drug-likeness (QED) is 0.726. The predicted octanol–water partition coefficient (Wildman–Crippen LogP) is 2.48. The van der Waals surface area contributed by atoms with Crippen molar-refractivity contribution in [3.63, 3.8) is 0 Å². The first-order valence-corrected chi connectivity index (χ1v) is 7.81. The lowest BCUT2D eigenvalue weighted by Crippen LogP contribution is -2.61. The summed E-state index contributed by atoms with van der Waals surface area (Å²) in [6.45, 7) is 11.6. The number of hydrogen-bond donors (Lipinski definition) is 0. The van der Waals surface area contributed by atoms with Crippen LogP contribution in [0.2, 0.25) is 0 Å². The van der Waals surface area contributed by atoms with Crippen molar-refractivity contribution in [3.8, 4) is 6.07 Å². The van der Waals surface area contributed by atoms with Crippen molar-refractivity contribution in [1.29, 1.82) is 5.26 Å². The van der Waals surface area contributed by atoms with Crippen LogP contribution in [0.3, 0.4) is 0 Å². The molecule has 19 heavy (non-hydrogen) atoms. The van der Waals surface area contributed by atoms with Crippen molar-refractivity contribution in [2.45, 2.75) is 58.0 Å². The maximum absolute atomic E-state index is 8.84. The van der Waals surface area contributed by atoms with Gasteiger partial charge in [0, 0.05) is 24.7 Å². The van der Waals surface area contributed by atoms with Crippen LogP contribution in [0, 0.1) is 22.7 Å². The molecular formula is C16H27N3. The van der Waals surface area contributed by atoms with E-state index in [2.05, 4.69) is 36.6 Å². The molecule has 0 radical (unpaired) electrons. The molecule has 3 nitrogen and oxygen atoms in total. The standard InChI is InChI=1S/C16H27N3/c1-15(2,3)19-6-4-16(5-7-19)8-14(9-16)18-11-13(10-17)12-18/h13-14H,4-9,11-12H2,1-3H3. The van der Waals surface area contributed by atoms with Gasteiger partial charge < -0.3 is 0 Å². The molecule has 2 saturated heterocycles. The van der Waals surface area contributed by atoms with E-state index in [1.807, 2.05) is 0 Å². The van der Waals surface area contributed by atoms with Crippen molar-refractivity contribution in [2.75, 3.05) is 26.2 Å². The van der Waals surface area contributed by atoms with Gasteiger partial charge >= 0.3 is 0 Å². The monoisotopic (exact) mass is 261 g/mol. The van der Waals surface area contributed by atoms with Crippen LogP contribution >= 0.6 is 0 Å². The van der Waals surface area contributed by atoms with Crippen LogP contribution in [0.1, 0.15) is 46.5 Å². The maximum atomic E-state index is 8.84. The first-order chi connectivity index (χ1) is 8.92. The molecule has 2 aliphatic heterocycles. The van der Waals surface area contributed by atoms with Gasteiger partial charge in [0.05, 0.1) is 12.0 Å². The molecule has 0 atom stereocenters. The molecule has 106 valence electrons. The smallest absolute Gasteiger partial charge is 0.0717 e. The van der Waals surface area contributed by atoms with E-state index >= 15 is 0 Å². The molecule has 0 unspecified atom stereocenters. The zero-order chi connectivity index (χ0) is 13.7. The van der Waals surface area contributed by atoms with E-state index in [1.54, 1.807) is 0 Å². The van der Waals surface area contributed by atoms with Gasteiger partial charge in [0.2, 0.25) is 0 Å². The largest absolute Gasteiger partial charge is 0.298 e. The Bertz CT molecular complexity index is 368. The van der Waals surface area contributed by atoms with Gasteiger partial charge in [-0.1, -0.05) is 0 Å². The number of hydrogen-bond acceptors (Lipinski definition) is 3. The van der Waals surface area contributed by atoms with Crippen molar-refractivity contribution in [1.82, 2.24) is 9.80 Å². The molecule has 1 spiro atoms. The second-order valence-corrected chi connectivity index (χ2v) is 8.00. The summed E-state index contributed by atoms with van der Waals surface area (Å²) in [6, 6.07) is 3.18. The number of nitrogens with zero attached hydrogens (tertiary/aromatic N) is 3. The molecule has 0 amide bonds. The third-order valence-corrected chi connectivity index (χ3v) is 5.72. The Balaban J connectivity index is 1.45. The summed E-state index contributed by atoms with van der Waals surface area (Å²) in [5.41, 5.74) is 0.992. The van der Waals surface area contributed by atoms with Gasteiger partial charge in [-0.25, -0.2) is 0 Å². The minimum atomic E-state index is 0.319. The molecule has 0 aromatic heterocycles. The van der Waals surface area contributed by atoms with Crippen LogP contribution in [-0.2, 0) is 0 Å². The molecule has 3 fully saturated rings. The highest BCUT2D eigenvalue weighted by atomic mass is 15.2. The summed E-state index contributed by atoms with van der Waals surface area (Å²) in [7, 11) is 0. The lowest BCUT2D eigenvalue weighted by molar-refractivity contribution is -0.0813. The van der Waals surface area contributed by atoms with Gasteiger partial charge in [-0.15, -0.1) is 0 Å². The summed E-state index contributed by atoms with van der Waals surface area (Å²) in [5, 5.41) is 8.84. The van der Waals surface area contributed by atoms with Crippen LogP contribution in [0.5, 0.6) is 0 Å². The Hall–Kier alpha value is -0.590. The van der Waals surface area contributed by atoms with E-state index in [1.165, 1.54) is 38.8 Å². The second kappa shape index (κ2) is 4.46. The highest BCUT2D eigenvalue weighted by Crippen LogP contribution is 2.52. The number of likely N-dealkylation sites (tertiary alicyclic amines) is 2. The first-order valence-electron chi connectivity index (χ1n) is 7.81. The number of nitriles is 1. The molecule has 0 bridgehead atoms. The van der Waals surface area contributed by atoms with Gasteiger partial charge in [0.1, 0.15) is 0 Å². The fourth-order valence-corrected chi connectivity index (χ4v) is 4.15. The topological polar surface area (TPSA) is 30.3 Å². The molecular weight excluding hydrogens is 234 g/mol. The zero-order valence-electron chi connectivity index (χ0n) is 12.7.